The molecule has 1 aromatic heterocycles. The van der Waals surface area contributed by atoms with Crippen molar-refractivity contribution < 1.29 is 42.5 Å². The van der Waals surface area contributed by atoms with Crippen LogP contribution in [-0.4, -0.2) is 77.5 Å². The number of carbonyl (C=O) groups excluding carboxylic acids is 4. The molecule has 0 spiro atoms. The molecule has 1 fully saturated rings. The smallest absolute Gasteiger partial charge is 0.410 e. The number of piperazine rings is 1. The third-order valence-corrected chi connectivity index (χ3v) is 10.3. The van der Waals surface area contributed by atoms with Crippen molar-refractivity contribution in [3.05, 3.63) is 118 Å². The van der Waals surface area contributed by atoms with Crippen molar-refractivity contribution in [3.8, 4) is 0 Å². The van der Waals surface area contributed by atoms with Crippen molar-refractivity contribution in [1.82, 2.24) is 20.1 Å². The fourth-order valence-electron chi connectivity index (χ4n) is 6.93. The molecule has 5 amide bonds. The minimum absolute atomic E-state index is 0.00289. The predicted octanol–water partition coefficient (Wildman–Crippen LogP) is 5.92. The van der Waals surface area contributed by atoms with Crippen LogP contribution in [0.25, 0.3) is 10.9 Å². The number of pyridine rings is 1. The lowest BCUT2D eigenvalue weighted by Gasteiger charge is -2.35. The van der Waals surface area contributed by atoms with E-state index >= 15 is 8.78 Å². The maximum absolute atomic E-state index is 15.8. The standard InChI is InChI=1S/C44H53F2N7O8/c1-4-51-24-32(25-54)40(55)34-22-35(45)38(23-37(34)51)52-17-19-53(20-18-52)44(59)61-27-30-12-14-33(15-13-30)49-41(56)31(11-8-16-48-42(47)57)21-36(46)39(28(2)3)50-43(58)60-26-29-9-6-5-7-10-29/h5-7,9-10,12-15,21-24,28,31,39,54H,4,8,11,16-20,25-27H2,1-3H3,(H,49,56)(H,50,58)(H3,47,48,57). The number of halogens is 2. The number of aliphatic hydroxyl groups excluding tert-OH is 1. The summed E-state index contributed by atoms with van der Waals surface area (Å²) in [6, 6.07) is 16.6. The van der Waals surface area contributed by atoms with Gasteiger partial charge in [0, 0.05) is 62.1 Å². The number of nitrogens with two attached hydrogens (primary N) is 1. The Morgan fingerprint density at radius 3 is 2.26 bits per heavy atom. The molecule has 61 heavy (non-hydrogen) atoms. The van der Waals surface area contributed by atoms with Gasteiger partial charge in [0.25, 0.3) is 0 Å². The molecule has 1 aliphatic heterocycles. The van der Waals surface area contributed by atoms with Crippen molar-refractivity contribution in [2.24, 2.45) is 17.6 Å². The Bertz CT molecular complexity index is 2240. The van der Waals surface area contributed by atoms with Gasteiger partial charge >= 0.3 is 18.2 Å². The highest BCUT2D eigenvalue weighted by atomic mass is 19.1. The summed E-state index contributed by atoms with van der Waals surface area (Å²) in [4.78, 5) is 66.4. The largest absolute Gasteiger partial charge is 0.445 e. The number of aryl methyl sites for hydroxylation is 1. The number of urea groups is 1. The number of alkyl carbamates (subject to hydrolysis) is 1. The second kappa shape index (κ2) is 21.7. The lowest BCUT2D eigenvalue weighted by atomic mass is 9.96. The third-order valence-electron chi connectivity index (χ3n) is 10.3. The first kappa shape index (κ1) is 45.6. The first-order valence-electron chi connectivity index (χ1n) is 20.2. The van der Waals surface area contributed by atoms with Crippen molar-refractivity contribution >= 4 is 46.4 Å². The van der Waals surface area contributed by atoms with Gasteiger partial charge < -0.3 is 50.6 Å². The monoisotopic (exact) mass is 845 g/mol. The topological polar surface area (TPSA) is 198 Å². The van der Waals surface area contributed by atoms with Gasteiger partial charge in [0.15, 0.2) is 5.43 Å². The first-order valence-corrected chi connectivity index (χ1v) is 20.2. The van der Waals surface area contributed by atoms with E-state index in [1.54, 1.807) is 79.2 Å². The molecule has 0 aliphatic carbocycles. The number of aliphatic hydroxyl groups is 1. The SMILES string of the molecule is CCn1cc(CO)c(=O)c2cc(F)c(N3CCN(C(=O)OCc4ccc(NC(=O)C(C=C(F)C(NC(=O)OCc5ccccc5)C(C)C)CCCNC(N)=O)cc4)CC3)cc21. The number of hydrogen-bond donors (Lipinski definition) is 5. The van der Waals surface area contributed by atoms with Crippen LogP contribution in [0.1, 0.15) is 50.3 Å². The van der Waals surface area contributed by atoms with Gasteiger partial charge in [-0.15, -0.1) is 0 Å². The number of nitrogens with zero attached hydrogens (tertiary/aromatic N) is 3. The zero-order valence-electron chi connectivity index (χ0n) is 34.5. The summed E-state index contributed by atoms with van der Waals surface area (Å²) in [6.07, 6.45) is 1.83. The Labute approximate surface area is 352 Å². The Hall–Kier alpha value is -6.49. The number of carbonyl (C=O) groups is 4. The molecule has 17 heteroatoms. The van der Waals surface area contributed by atoms with Crippen LogP contribution in [0.5, 0.6) is 0 Å². The van der Waals surface area contributed by atoms with Crippen molar-refractivity contribution in [1.29, 1.82) is 0 Å². The molecule has 6 N–H and O–H groups in total. The molecular formula is C44H53F2N7O8. The molecule has 5 rings (SSSR count). The van der Waals surface area contributed by atoms with Gasteiger partial charge in [-0.05, 0) is 67.2 Å². The summed E-state index contributed by atoms with van der Waals surface area (Å²) in [5, 5.41) is 17.6. The number of rotatable bonds is 17. The van der Waals surface area contributed by atoms with Crippen LogP contribution in [0.4, 0.5) is 34.5 Å². The molecule has 0 radical (unpaired) electrons. The van der Waals surface area contributed by atoms with E-state index in [1.165, 1.54) is 11.0 Å². The van der Waals surface area contributed by atoms with Crippen LogP contribution in [0, 0.1) is 17.7 Å². The zero-order chi connectivity index (χ0) is 44.1. The number of benzene rings is 3. The van der Waals surface area contributed by atoms with Crippen molar-refractivity contribution in [2.75, 3.05) is 42.9 Å². The van der Waals surface area contributed by atoms with Gasteiger partial charge in [0.2, 0.25) is 5.91 Å². The van der Waals surface area contributed by atoms with E-state index in [0.29, 0.717) is 48.5 Å². The summed E-state index contributed by atoms with van der Waals surface area (Å²) >= 11 is 0. The summed E-state index contributed by atoms with van der Waals surface area (Å²) < 4.78 is 43.8. The maximum Gasteiger partial charge on any atom is 0.410 e. The highest BCUT2D eigenvalue weighted by Crippen LogP contribution is 2.27. The van der Waals surface area contributed by atoms with Gasteiger partial charge in [-0.3, -0.25) is 9.59 Å². The third kappa shape index (κ3) is 12.5. The predicted molar refractivity (Wildman–Crippen MR) is 227 cm³/mol. The highest BCUT2D eigenvalue weighted by molar-refractivity contribution is 5.93. The average Bonchev–Trinajstić information content (AvgIpc) is 3.25. The van der Waals surface area contributed by atoms with E-state index in [9.17, 15) is 29.1 Å². The Kier molecular flexibility index (Phi) is 16.2. The Balaban J connectivity index is 1.15. The summed E-state index contributed by atoms with van der Waals surface area (Å²) in [5.41, 5.74) is 7.62. The van der Waals surface area contributed by atoms with Gasteiger partial charge in [-0.25, -0.2) is 23.2 Å². The minimum atomic E-state index is -1.08. The molecule has 3 aromatic carbocycles. The molecule has 4 aromatic rings. The number of nitrogens with one attached hydrogen (secondary N) is 3. The normalized spacial score (nSPS) is 14.0. The fourth-order valence-corrected chi connectivity index (χ4v) is 6.93. The van der Waals surface area contributed by atoms with Crippen LogP contribution in [0.15, 0.2) is 89.6 Å². The quantitative estimate of drug-likeness (QED) is 0.0802. The van der Waals surface area contributed by atoms with Crippen LogP contribution >= 0.6 is 0 Å². The van der Waals surface area contributed by atoms with Crippen LogP contribution in [-0.2, 0) is 40.6 Å². The number of anilines is 2. The zero-order valence-corrected chi connectivity index (χ0v) is 34.5. The maximum atomic E-state index is 15.8. The lowest BCUT2D eigenvalue weighted by molar-refractivity contribution is -0.118. The Morgan fingerprint density at radius 1 is 0.951 bits per heavy atom. The number of fused-ring (bicyclic) bond motifs is 1. The summed E-state index contributed by atoms with van der Waals surface area (Å²) in [5.74, 6) is -3.20. The van der Waals surface area contributed by atoms with E-state index in [0.717, 1.165) is 11.6 Å². The molecule has 2 heterocycles. The molecule has 2 unspecified atom stereocenters. The van der Waals surface area contributed by atoms with Crippen LogP contribution in [0.3, 0.4) is 0 Å². The first-order chi connectivity index (χ1) is 29.3. The molecule has 0 bridgehead atoms. The molecule has 2 atom stereocenters. The number of primary amides is 1. The Morgan fingerprint density at radius 2 is 1.62 bits per heavy atom. The van der Waals surface area contributed by atoms with Gasteiger partial charge in [-0.2, -0.15) is 0 Å². The molecule has 15 nitrogen and oxygen atoms in total. The molecule has 1 aliphatic rings. The lowest BCUT2D eigenvalue weighted by Crippen LogP contribution is -2.49. The fraction of sp³-hybridized carbons (Fsp3) is 0.386. The van der Waals surface area contributed by atoms with Gasteiger partial charge in [0.1, 0.15) is 24.9 Å². The number of amides is 5. The van der Waals surface area contributed by atoms with E-state index in [1.807, 2.05) is 17.9 Å². The molecular weight excluding hydrogens is 793 g/mol. The average molecular weight is 846 g/mol. The molecule has 1 saturated heterocycles. The van der Waals surface area contributed by atoms with E-state index < -0.39 is 65.7 Å². The molecule has 326 valence electrons. The summed E-state index contributed by atoms with van der Waals surface area (Å²) in [6.45, 7) is 6.70. The highest BCUT2D eigenvalue weighted by Gasteiger charge is 2.27. The summed E-state index contributed by atoms with van der Waals surface area (Å²) in [7, 11) is 0. The van der Waals surface area contributed by atoms with Crippen molar-refractivity contribution in [3.63, 3.8) is 0 Å². The van der Waals surface area contributed by atoms with Crippen LogP contribution in [0.2, 0.25) is 0 Å². The van der Waals surface area contributed by atoms with Gasteiger partial charge in [0.05, 0.1) is 29.8 Å². The van der Waals surface area contributed by atoms with Gasteiger partial charge in [-0.1, -0.05) is 56.3 Å². The molecule has 0 saturated carbocycles. The number of hydrogen-bond acceptors (Lipinski definition) is 9. The second-order valence-corrected chi connectivity index (χ2v) is 15.0. The van der Waals surface area contributed by atoms with E-state index in [2.05, 4.69) is 16.0 Å². The van der Waals surface area contributed by atoms with Crippen molar-refractivity contribution in [2.45, 2.75) is 66.0 Å². The number of aromatic nitrogens is 1. The number of ether oxygens (including phenoxy) is 2. The van der Waals surface area contributed by atoms with E-state index in [4.69, 9.17) is 15.2 Å². The van der Waals surface area contributed by atoms with Crippen LogP contribution < -0.4 is 32.0 Å². The minimum Gasteiger partial charge on any atom is -0.445 e. The van der Waals surface area contributed by atoms with E-state index in [-0.39, 0.29) is 50.2 Å². The second-order valence-electron chi connectivity index (χ2n) is 15.0.